The molecule has 3 rings (SSSR count). The molecule has 100 valence electrons. The van der Waals surface area contributed by atoms with Crippen LogP contribution in [0, 0.1) is 0 Å². The van der Waals surface area contributed by atoms with Gasteiger partial charge < -0.3 is 10.1 Å². The molecule has 0 fully saturated rings. The number of aliphatic carboxylic acids is 1. The highest BCUT2D eigenvalue weighted by molar-refractivity contribution is 5.80. The lowest BCUT2D eigenvalue weighted by molar-refractivity contribution is -0.136. The number of fused-ring (bicyclic) bond motifs is 1. The molecule has 0 atom stereocenters. The molecule has 0 radical (unpaired) electrons. The summed E-state index contributed by atoms with van der Waals surface area (Å²) >= 11 is 0. The van der Waals surface area contributed by atoms with Gasteiger partial charge in [0.05, 0.1) is 11.0 Å². The fraction of sp³-hybridized carbons (Fsp3) is 0.125. The van der Waals surface area contributed by atoms with E-state index in [4.69, 9.17) is 5.11 Å². The minimum atomic E-state index is -0.778. The molecule has 1 heterocycles. The van der Waals surface area contributed by atoms with Crippen LogP contribution in [0.25, 0.3) is 22.4 Å². The summed E-state index contributed by atoms with van der Waals surface area (Å²) in [6.07, 6.45) is 0.677. The Morgan fingerprint density at radius 1 is 1.15 bits per heavy atom. The van der Waals surface area contributed by atoms with Crippen LogP contribution in [0.1, 0.15) is 12.0 Å². The number of nitrogens with zero attached hydrogens (tertiary/aromatic N) is 1. The molecule has 0 unspecified atom stereocenters. The molecular formula is C16H14N2O2. The van der Waals surface area contributed by atoms with Crippen LogP contribution in [0.5, 0.6) is 0 Å². The quantitative estimate of drug-likeness (QED) is 0.761. The van der Waals surface area contributed by atoms with Crippen molar-refractivity contribution in [3.8, 4) is 11.4 Å². The average Bonchev–Trinajstić information content (AvgIpc) is 2.89. The van der Waals surface area contributed by atoms with Gasteiger partial charge in [0.2, 0.25) is 0 Å². The van der Waals surface area contributed by atoms with Gasteiger partial charge in [-0.1, -0.05) is 36.4 Å². The van der Waals surface area contributed by atoms with E-state index in [9.17, 15) is 4.79 Å². The first kappa shape index (κ1) is 12.4. The molecule has 0 aliphatic heterocycles. The summed E-state index contributed by atoms with van der Waals surface area (Å²) in [7, 11) is 0. The summed E-state index contributed by atoms with van der Waals surface area (Å²) < 4.78 is 0. The predicted molar refractivity (Wildman–Crippen MR) is 77.5 cm³/mol. The number of carboxylic acids is 1. The minimum absolute atomic E-state index is 0.144. The van der Waals surface area contributed by atoms with Crippen LogP contribution in [0.3, 0.4) is 0 Å². The maximum Gasteiger partial charge on any atom is 0.303 e. The molecule has 0 spiro atoms. The maximum absolute atomic E-state index is 10.6. The Morgan fingerprint density at radius 2 is 1.95 bits per heavy atom. The Balaban J connectivity index is 1.93. The SMILES string of the molecule is O=C(O)CCc1ccc2nc(-c3ccccc3)[nH]c2c1. The van der Waals surface area contributed by atoms with Crippen LogP contribution in [0.2, 0.25) is 0 Å². The Labute approximate surface area is 116 Å². The van der Waals surface area contributed by atoms with Crippen LogP contribution in [-0.4, -0.2) is 21.0 Å². The van der Waals surface area contributed by atoms with Crippen LogP contribution < -0.4 is 0 Å². The first-order valence-electron chi connectivity index (χ1n) is 6.48. The molecule has 0 saturated heterocycles. The molecule has 2 aromatic carbocycles. The molecule has 0 aliphatic carbocycles. The fourth-order valence-corrected chi connectivity index (χ4v) is 2.20. The summed E-state index contributed by atoms with van der Waals surface area (Å²) in [5.74, 6) is 0.0515. The lowest BCUT2D eigenvalue weighted by Crippen LogP contribution is -1.97. The summed E-state index contributed by atoms with van der Waals surface area (Å²) in [5, 5.41) is 8.72. The Hall–Kier alpha value is -2.62. The first-order chi connectivity index (χ1) is 9.72. The number of aromatic amines is 1. The number of nitrogens with one attached hydrogen (secondary N) is 1. The van der Waals surface area contributed by atoms with E-state index >= 15 is 0 Å². The Morgan fingerprint density at radius 3 is 2.70 bits per heavy atom. The maximum atomic E-state index is 10.6. The van der Waals surface area contributed by atoms with E-state index in [2.05, 4.69) is 9.97 Å². The van der Waals surface area contributed by atoms with Crippen molar-refractivity contribution in [1.29, 1.82) is 0 Å². The van der Waals surface area contributed by atoms with Gasteiger partial charge in [-0.3, -0.25) is 4.79 Å². The molecule has 0 saturated carbocycles. The highest BCUT2D eigenvalue weighted by Crippen LogP contribution is 2.21. The van der Waals surface area contributed by atoms with E-state index in [1.807, 2.05) is 48.5 Å². The van der Waals surface area contributed by atoms with Gasteiger partial charge in [0.15, 0.2) is 0 Å². The number of carbonyl (C=O) groups is 1. The molecule has 4 heteroatoms. The van der Waals surface area contributed by atoms with E-state index < -0.39 is 5.97 Å². The third kappa shape index (κ3) is 2.54. The monoisotopic (exact) mass is 266 g/mol. The lowest BCUT2D eigenvalue weighted by atomic mass is 10.1. The van der Waals surface area contributed by atoms with Crippen molar-refractivity contribution in [1.82, 2.24) is 9.97 Å². The van der Waals surface area contributed by atoms with E-state index in [1.54, 1.807) is 0 Å². The molecule has 20 heavy (non-hydrogen) atoms. The number of H-pyrrole nitrogens is 1. The van der Waals surface area contributed by atoms with Gasteiger partial charge in [0.1, 0.15) is 5.82 Å². The van der Waals surface area contributed by atoms with Gasteiger partial charge >= 0.3 is 5.97 Å². The van der Waals surface area contributed by atoms with Crippen molar-refractivity contribution >= 4 is 17.0 Å². The number of hydrogen-bond acceptors (Lipinski definition) is 2. The van der Waals surface area contributed by atoms with Crippen LogP contribution in [-0.2, 0) is 11.2 Å². The second kappa shape index (κ2) is 5.17. The van der Waals surface area contributed by atoms with E-state index in [0.717, 1.165) is 28.0 Å². The number of imidazole rings is 1. The zero-order valence-electron chi connectivity index (χ0n) is 10.8. The van der Waals surface area contributed by atoms with E-state index in [1.165, 1.54) is 0 Å². The van der Waals surface area contributed by atoms with Crippen LogP contribution in [0.15, 0.2) is 48.5 Å². The van der Waals surface area contributed by atoms with Gasteiger partial charge in [0, 0.05) is 12.0 Å². The first-order valence-corrected chi connectivity index (χ1v) is 6.48. The summed E-state index contributed by atoms with van der Waals surface area (Å²) in [6.45, 7) is 0. The number of carboxylic acid groups (broad SMARTS) is 1. The fourth-order valence-electron chi connectivity index (χ4n) is 2.20. The molecule has 4 nitrogen and oxygen atoms in total. The normalized spacial score (nSPS) is 10.8. The Kier molecular flexibility index (Phi) is 3.21. The molecular weight excluding hydrogens is 252 g/mol. The van der Waals surface area contributed by atoms with Gasteiger partial charge in [0.25, 0.3) is 0 Å². The second-order valence-electron chi connectivity index (χ2n) is 4.70. The van der Waals surface area contributed by atoms with Gasteiger partial charge in [-0.15, -0.1) is 0 Å². The molecule has 1 aromatic heterocycles. The largest absolute Gasteiger partial charge is 0.481 e. The third-order valence-electron chi connectivity index (χ3n) is 3.22. The highest BCUT2D eigenvalue weighted by Gasteiger charge is 2.06. The molecule has 0 amide bonds. The number of aryl methyl sites for hydroxylation is 1. The van der Waals surface area contributed by atoms with Crippen molar-refractivity contribution in [3.63, 3.8) is 0 Å². The number of aromatic nitrogens is 2. The summed E-state index contributed by atoms with van der Waals surface area (Å²) in [4.78, 5) is 18.4. The van der Waals surface area contributed by atoms with Crippen LogP contribution >= 0.6 is 0 Å². The minimum Gasteiger partial charge on any atom is -0.481 e. The van der Waals surface area contributed by atoms with Gasteiger partial charge in [-0.25, -0.2) is 4.98 Å². The van der Waals surface area contributed by atoms with Crippen LogP contribution in [0.4, 0.5) is 0 Å². The number of rotatable bonds is 4. The average molecular weight is 266 g/mol. The van der Waals surface area contributed by atoms with Crippen molar-refractivity contribution < 1.29 is 9.90 Å². The van der Waals surface area contributed by atoms with E-state index in [-0.39, 0.29) is 6.42 Å². The molecule has 3 aromatic rings. The zero-order valence-corrected chi connectivity index (χ0v) is 10.8. The van der Waals surface area contributed by atoms with Gasteiger partial charge in [-0.05, 0) is 24.1 Å². The van der Waals surface area contributed by atoms with Crippen molar-refractivity contribution in [2.24, 2.45) is 0 Å². The second-order valence-corrected chi connectivity index (χ2v) is 4.70. The zero-order chi connectivity index (χ0) is 13.9. The summed E-state index contributed by atoms with van der Waals surface area (Å²) in [6, 6.07) is 15.7. The topological polar surface area (TPSA) is 66.0 Å². The predicted octanol–water partition coefficient (Wildman–Crippen LogP) is 3.25. The smallest absolute Gasteiger partial charge is 0.303 e. The molecule has 0 bridgehead atoms. The van der Waals surface area contributed by atoms with Gasteiger partial charge in [-0.2, -0.15) is 0 Å². The van der Waals surface area contributed by atoms with Crippen molar-refractivity contribution in [2.45, 2.75) is 12.8 Å². The number of benzene rings is 2. The molecule has 2 N–H and O–H groups in total. The van der Waals surface area contributed by atoms with Crippen molar-refractivity contribution in [3.05, 3.63) is 54.1 Å². The number of hydrogen-bond donors (Lipinski definition) is 2. The summed E-state index contributed by atoms with van der Waals surface area (Å²) in [5.41, 5.74) is 3.87. The standard InChI is InChI=1S/C16H14N2O2/c19-15(20)9-7-11-6-8-13-14(10-11)18-16(17-13)12-4-2-1-3-5-12/h1-6,8,10H,7,9H2,(H,17,18)(H,19,20). The Bertz CT molecular complexity index is 748. The lowest BCUT2D eigenvalue weighted by Gasteiger charge is -1.97. The highest BCUT2D eigenvalue weighted by atomic mass is 16.4. The molecule has 0 aliphatic rings. The van der Waals surface area contributed by atoms with E-state index in [0.29, 0.717) is 6.42 Å². The van der Waals surface area contributed by atoms with Crippen molar-refractivity contribution in [2.75, 3.05) is 0 Å². The third-order valence-corrected chi connectivity index (χ3v) is 3.22.